The van der Waals surface area contributed by atoms with E-state index in [0.29, 0.717) is 21.5 Å². The lowest BCUT2D eigenvalue weighted by atomic mass is 10.1. The predicted molar refractivity (Wildman–Crippen MR) is 103 cm³/mol. The Balaban J connectivity index is 2.17. The van der Waals surface area contributed by atoms with Crippen LogP contribution in [-0.4, -0.2) is 17.4 Å². The van der Waals surface area contributed by atoms with E-state index in [-0.39, 0.29) is 11.7 Å². The highest BCUT2D eigenvalue weighted by Gasteiger charge is 2.07. The Bertz CT molecular complexity index is 738. The Morgan fingerprint density at radius 1 is 1.17 bits per heavy atom. The van der Waals surface area contributed by atoms with Crippen LogP contribution < -0.4 is 15.9 Å². The summed E-state index contributed by atoms with van der Waals surface area (Å²) in [5, 5.41) is 5.15. The van der Waals surface area contributed by atoms with Gasteiger partial charge in [0.15, 0.2) is 5.11 Å². The molecule has 0 amide bonds. The van der Waals surface area contributed by atoms with Crippen LogP contribution in [0, 0.1) is 0 Å². The quantitative estimate of drug-likeness (QED) is 0.418. The zero-order valence-corrected chi connectivity index (χ0v) is 15.6. The van der Waals surface area contributed by atoms with Gasteiger partial charge in [0.05, 0.1) is 10.0 Å². The largest absolute Gasteiger partial charge is 0.487 e. The summed E-state index contributed by atoms with van der Waals surface area (Å²) in [4.78, 5) is 0. The van der Waals surface area contributed by atoms with Crippen molar-refractivity contribution in [3.8, 4) is 5.75 Å². The van der Waals surface area contributed by atoms with Crippen LogP contribution in [0.15, 0.2) is 52.0 Å². The number of nitrogens with zero attached hydrogens (tertiary/aromatic N) is 1. The van der Waals surface area contributed by atoms with Crippen molar-refractivity contribution >= 4 is 62.2 Å². The molecule has 0 aliphatic carbocycles. The molecule has 0 heterocycles. The first-order chi connectivity index (χ1) is 11.0. The first-order valence-electron chi connectivity index (χ1n) is 6.41. The van der Waals surface area contributed by atoms with E-state index >= 15 is 0 Å². The first kappa shape index (κ1) is 18.0. The second-order valence-electron chi connectivity index (χ2n) is 4.41. The van der Waals surface area contributed by atoms with Crippen LogP contribution in [0.5, 0.6) is 5.75 Å². The Hall–Kier alpha value is -1.34. The normalized spacial score (nSPS) is 11.2. The Morgan fingerprint density at radius 2 is 1.87 bits per heavy atom. The summed E-state index contributed by atoms with van der Waals surface area (Å²) in [6, 6.07) is 12.7. The minimum Gasteiger partial charge on any atom is -0.487 e. The molecule has 2 rings (SSSR count). The van der Waals surface area contributed by atoms with Crippen molar-refractivity contribution in [3.05, 3.63) is 62.5 Å². The molecule has 23 heavy (non-hydrogen) atoms. The number of hydrogen-bond acceptors (Lipinski definition) is 3. The third-order valence-electron chi connectivity index (χ3n) is 2.75. The van der Waals surface area contributed by atoms with Gasteiger partial charge in [-0.1, -0.05) is 51.3 Å². The topological polar surface area (TPSA) is 59.6 Å². The molecule has 2 aromatic carbocycles. The fourth-order valence-corrected chi connectivity index (χ4v) is 2.26. The maximum absolute atomic E-state index is 5.97. The Morgan fingerprint density at radius 3 is 2.48 bits per heavy atom. The second kappa shape index (κ2) is 8.49. The van der Waals surface area contributed by atoms with Gasteiger partial charge in [-0.25, -0.2) is 0 Å². The minimum atomic E-state index is 0.0779. The van der Waals surface area contributed by atoms with E-state index in [9.17, 15) is 0 Å². The number of hydrazone groups is 1. The lowest BCUT2D eigenvalue weighted by molar-refractivity contribution is 0.376. The zero-order chi connectivity index (χ0) is 16.8. The van der Waals surface area contributed by atoms with Crippen LogP contribution >= 0.6 is 51.3 Å². The van der Waals surface area contributed by atoms with Gasteiger partial charge in [-0.05, 0) is 36.5 Å². The highest BCUT2D eigenvalue weighted by molar-refractivity contribution is 9.10. The van der Waals surface area contributed by atoms with Crippen LogP contribution in [0.4, 0.5) is 0 Å². The smallest absolute Gasteiger partial charge is 0.184 e. The molecule has 0 aromatic heterocycles. The highest BCUT2D eigenvalue weighted by Crippen LogP contribution is 2.26. The molecule has 8 heteroatoms. The maximum Gasteiger partial charge on any atom is 0.184 e. The SMILES string of the molecule is NC(=S)N/N=C(\COc1ccc(Cl)c(Cl)c1)c1ccc(Br)cc1. The molecule has 0 atom stereocenters. The van der Waals surface area contributed by atoms with E-state index in [2.05, 4.69) is 26.5 Å². The number of hydrogen-bond donors (Lipinski definition) is 2. The molecule has 0 fully saturated rings. The van der Waals surface area contributed by atoms with Gasteiger partial charge in [0, 0.05) is 16.1 Å². The average molecular weight is 433 g/mol. The van der Waals surface area contributed by atoms with Gasteiger partial charge in [-0.2, -0.15) is 5.10 Å². The van der Waals surface area contributed by atoms with Gasteiger partial charge >= 0.3 is 0 Å². The van der Waals surface area contributed by atoms with Gasteiger partial charge in [-0.15, -0.1) is 0 Å². The Labute approximate surface area is 157 Å². The molecule has 0 aliphatic rings. The van der Waals surface area contributed by atoms with Crippen LogP contribution in [0.3, 0.4) is 0 Å². The third kappa shape index (κ3) is 5.66. The van der Waals surface area contributed by atoms with Crippen LogP contribution in [0.1, 0.15) is 5.56 Å². The predicted octanol–water partition coefficient (Wildman–Crippen LogP) is 4.37. The average Bonchev–Trinajstić information content (AvgIpc) is 2.51. The van der Waals surface area contributed by atoms with E-state index in [0.717, 1.165) is 10.0 Å². The lowest BCUT2D eigenvalue weighted by Crippen LogP contribution is -2.27. The molecular formula is C15H12BrCl2N3OS. The summed E-state index contributed by atoms with van der Waals surface area (Å²) in [7, 11) is 0. The van der Waals surface area contributed by atoms with Gasteiger partial charge in [0.2, 0.25) is 0 Å². The van der Waals surface area contributed by atoms with Crippen molar-refractivity contribution < 1.29 is 4.74 Å². The zero-order valence-electron chi connectivity index (χ0n) is 11.7. The van der Waals surface area contributed by atoms with Crippen molar-refractivity contribution in [3.63, 3.8) is 0 Å². The van der Waals surface area contributed by atoms with Crippen LogP contribution in [-0.2, 0) is 0 Å². The number of thiocarbonyl (C=S) groups is 1. The highest BCUT2D eigenvalue weighted by atomic mass is 79.9. The van der Waals surface area contributed by atoms with Crippen molar-refractivity contribution in [2.45, 2.75) is 0 Å². The third-order valence-corrected chi connectivity index (χ3v) is 4.10. The lowest BCUT2D eigenvalue weighted by Gasteiger charge is -2.10. The van der Waals surface area contributed by atoms with E-state index in [1.807, 2.05) is 24.3 Å². The van der Waals surface area contributed by atoms with Crippen molar-refractivity contribution in [1.29, 1.82) is 0 Å². The molecule has 0 spiro atoms. The molecule has 0 aliphatic heterocycles. The summed E-state index contributed by atoms with van der Waals surface area (Å²) in [6.45, 7) is 0.204. The fraction of sp³-hybridized carbons (Fsp3) is 0.0667. The summed E-state index contributed by atoms with van der Waals surface area (Å²) in [6.07, 6.45) is 0. The summed E-state index contributed by atoms with van der Waals surface area (Å²) < 4.78 is 6.68. The molecule has 4 nitrogen and oxygen atoms in total. The molecule has 0 saturated heterocycles. The van der Waals surface area contributed by atoms with Crippen molar-refractivity contribution in [2.24, 2.45) is 10.8 Å². The molecule has 120 valence electrons. The number of benzene rings is 2. The molecule has 2 aromatic rings. The van der Waals surface area contributed by atoms with E-state index in [1.54, 1.807) is 18.2 Å². The molecule has 0 radical (unpaired) electrons. The standard InChI is InChI=1S/C15H12BrCl2N3OS/c16-10-3-1-9(2-4-10)14(20-21-15(19)23)8-22-11-5-6-12(17)13(18)7-11/h1-7H,8H2,(H3,19,21,23)/b20-14+. The van der Waals surface area contributed by atoms with E-state index in [4.69, 9.17) is 45.9 Å². The molecule has 0 unspecified atom stereocenters. The maximum atomic E-state index is 5.97. The first-order valence-corrected chi connectivity index (χ1v) is 8.37. The number of ether oxygens (including phenoxy) is 1. The van der Waals surface area contributed by atoms with Gasteiger partial charge in [-0.3, -0.25) is 5.43 Å². The Kier molecular flexibility index (Phi) is 6.65. The van der Waals surface area contributed by atoms with Crippen LogP contribution in [0.25, 0.3) is 0 Å². The number of rotatable bonds is 5. The van der Waals surface area contributed by atoms with Gasteiger partial charge in [0.25, 0.3) is 0 Å². The van der Waals surface area contributed by atoms with E-state index in [1.165, 1.54) is 0 Å². The number of nitrogens with one attached hydrogen (secondary N) is 1. The van der Waals surface area contributed by atoms with Crippen molar-refractivity contribution in [2.75, 3.05) is 6.61 Å². The van der Waals surface area contributed by atoms with Crippen LogP contribution in [0.2, 0.25) is 10.0 Å². The molecule has 0 saturated carbocycles. The monoisotopic (exact) mass is 431 g/mol. The van der Waals surface area contributed by atoms with Crippen molar-refractivity contribution in [1.82, 2.24) is 5.43 Å². The number of nitrogens with two attached hydrogens (primary N) is 1. The summed E-state index contributed by atoms with van der Waals surface area (Å²) in [5.41, 5.74) is 9.50. The summed E-state index contributed by atoms with van der Waals surface area (Å²) >= 11 is 20.0. The molecule has 0 bridgehead atoms. The van der Waals surface area contributed by atoms with E-state index < -0.39 is 0 Å². The van der Waals surface area contributed by atoms with Gasteiger partial charge < -0.3 is 10.5 Å². The summed E-state index contributed by atoms with van der Waals surface area (Å²) in [5.74, 6) is 0.583. The molecular weight excluding hydrogens is 421 g/mol. The number of halogens is 3. The molecule has 3 N–H and O–H groups in total. The fourth-order valence-electron chi connectivity index (χ4n) is 1.66. The second-order valence-corrected chi connectivity index (χ2v) is 6.58. The van der Waals surface area contributed by atoms with Gasteiger partial charge in [0.1, 0.15) is 18.1 Å². The minimum absolute atomic E-state index is 0.0779.